The van der Waals surface area contributed by atoms with Gasteiger partial charge in [0, 0.05) is 5.30 Å². The van der Waals surface area contributed by atoms with Crippen molar-refractivity contribution in [1.82, 2.24) is 0 Å². The van der Waals surface area contributed by atoms with Crippen LogP contribution >= 0.6 is 7.37 Å². The second-order valence-corrected chi connectivity index (χ2v) is 11.3. The monoisotopic (exact) mass is 422 g/mol. The minimum absolute atomic E-state index is 0.0332. The Balaban J connectivity index is 1.90. The lowest BCUT2D eigenvalue weighted by atomic mass is 9.75. The second-order valence-electron chi connectivity index (χ2n) is 9.01. The maximum Gasteiger partial charge on any atom is 0.265 e. The van der Waals surface area contributed by atoms with E-state index in [1.807, 2.05) is 60.7 Å². The van der Waals surface area contributed by atoms with E-state index in [1.165, 1.54) is 6.42 Å². The number of phenolic OH excluding ortho intramolecular Hbond substituents is 1. The molecule has 1 aliphatic rings. The molecule has 0 aromatic heterocycles. The lowest BCUT2D eigenvalue weighted by molar-refractivity contribution is 0.0514. The van der Waals surface area contributed by atoms with Gasteiger partial charge in [0.2, 0.25) is 0 Å². The summed E-state index contributed by atoms with van der Waals surface area (Å²) in [5.41, 5.74) is 0. The summed E-state index contributed by atoms with van der Waals surface area (Å²) in [4.78, 5) is 0. The standard InChI is InChI=1S/C26H31O3P/c1-18(2)22-15-13-19(3)17-25(22)29-30(28,21-10-5-4-6-11-21)26-23-12-8-7-9-20(23)14-16-24(26)27/h4-12,14,16,18-19,22,25,27H,13,15,17H2,1-3H3/t19-,22+,25-,30-/m1/s1. The number of phenols is 1. The second kappa shape index (κ2) is 8.57. The number of rotatable bonds is 5. The van der Waals surface area contributed by atoms with Crippen LogP contribution in [0.5, 0.6) is 5.75 Å². The van der Waals surface area contributed by atoms with Gasteiger partial charge < -0.3 is 9.63 Å². The highest BCUT2D eigenvalue weighted by Gasteiger charge is 2.40. The summed E-state index contributed by atoms with van der Waals surface area (Å²) in [6.07, 6.45) is 3.06. The van der Waals surface area contributed by atoms with Crippen LogP contribution in [0, 0.1) is 17.8 Å². The quantitative estimate of drug-likeness (QED) is 0.494. The molecule has 3 aromatic carbocycles. The molecule has 4 heteroatoms. The zero-order valence-electron chi connectivity index (χ0n) is 18.0. The van der Waals surface area contributed by atoms with Crippen LogP contribution in [-0.2, 0) is 9.09 Å². The topological polar surface area (TPSA) is 46.5 Å². The fraction of sp³-hybridized carbons (Fsp3) is 0.385. The molecule has 158 valence electrons. The molecule has 4 rings (SSSR count). The third-order valence-corrected chi connectivity index (χ3v) is 9.12. The predicted octanol–water partition coefficient (Wildman–Crippen LogP) is 6.25. The first-order valence-corrected chi connectivity index (χ1v) is 12.6. The molecule has 0 bridgehead atoms. The Morgan fingerprint density at radius 2 is 1.67 bits per heavy atom. The van der Waals surface area contributed by atoms with Crippen LogP contribution in [0.3, 0.4) is 0 Å². The zero-order chi connectivity index (χ0) is 21.3. The van der Waals surface area contributed by atoms with Crippen LogP contribution < -0.4 is 10.6 Å². The average Bonchev–Trinajstić information content (AvgIpc) is 2.74. The minimum atomic E-state index is -3.53. The van der Waals surface area contributed by atoms with E-state index in [-0.39, 0.29) is 11.9 Å². The molecule has 0 aliphatic heterocycles. The van der Waals surface area contributed by atoms with Gasteiger partial charge >= 0.3 is 0 Å². The van der Waals surface area contributed by atoms with Crippen molar-refractivity contribution < 1.29 is 14.2 Å². The van der Waals surface area contributed by atoms with Crippen LogP contribution in [0.15, 0.2) is 66.7 Å². The van der Waals surface area contributed by atoms with Gasteiger partial charge in [-0.25, -0.2) is 0 Å². The molecule has 3 aromatic rings. The number of aromatic hydroxyl groups is 1. The fourth-order valence-corrected chi connectivity index (χ4v) is 7.42. The van der Waals surface area contributed by atoms with E-state index in [9.17, 15) is 9.67 Å². The van der Waals surface area contributed by atoms with Crippen molar-refractivity contribution in [2.24, 2.45) is 17.8 Å². The Morgan fingerprint density at radius 3 is 2.40 bits per heavy atom. The predicted molar refractivity (Wildman–Crippen MR) is 125 cm³/mol. The number of benzene rings is 3. The van der Waals surface area contributed by atoms with Gasteiger partial charge in [-0.15, -0.1) is 0 Å². The van der Waals surface area contributed by atoms with Gasteiger partial charge in [0.1, 0.15) is 5.75 Å². The molecule has 0 radical (unpaired) electrons. The van der Waals surface area contributed by atoms with Crippen molar-refractivity contribution in [1.29, 1.82) is 0 Å². The first kappa shape index (κ1) is 21.2. The van der Waals surface area contributed by atoms with E-state index in [4.69, 9.17) is 4.52 Å². The molecule has 1 N–H and O–H groups in total. The lowest BCUT2D eigenvalue weighted by Crippen LogP contribution is -2.36. The number of hydrogen-bond donors (Lipinski definition) is 1. The number of hydrogen-bond acceptors (Lipinski definition) is 3. The molecular formula is C26H31O3P. The molecule has 30 heavy (non-hydrogen) atoms. The first-order chi connectivity index (χ1) is 14.4. The van der Waals surface area contributed by atoms with Crippen LogP contribution in [0.2, 0.25) is 0 Å². The smallest absolute Gasteiger partial charge is 0.265 e. The highest BCUT2D eigenvalue weighted by Crippen LogP contribution is 2.53. The fourth-order valence-electron chi connectivity index (χ4n) is 4.85. The molecule has 0 heterocycles. The van der Waals surface area contributed by atoms with Crippen LogP contribution in [0.4, 0.5) is 0 Å². The van der Waals surface area contributed by atoms with Crippen molar-refractivity contribution in [2.45, 2.75) is 46.1 Å². The summed E-state index contributed by atoms with van der Waals surface area (Å²) in [6, 6.07) is 20.7. The third-order valence-electron chi connectivity index (χ3n) is 6.51. The Morgan fingerprint density at radius 1 is 0.967 bits per heavy atom. The Labute approximate surface area is 179 Å². The molecule has 1 fully saturated rings. The van der Waals surface area contributed by atoms with Gasteiger partial charge in [-0.05, 0) is 59.6 Å². The third kappa shape index (κ3) is 3.94. The highest BCUT2D eigenvalue weighted by molar-refractivity contribution is 7.75. The Hall–Kier alpha value is -2.09. The molecule has 4 atom stereocenters. The maximum absolute atomic E-state index is 14.8. The van der Waals surface area contributed by atoms with E-state index >= 15 is 0 Å². The maximum atomic E-state index is 14.8. The minimum Gasteiger partial charge on any atom is -0.507 e. The average molecular weight is 423 g/mol. The van der Waals surface area contributed by atoms with E-state index in [2.05, 4.69) is 20.8 Å². The summed E-state index contributed by atoms with van der Waals surface area (Å²) < 4.78 is 21.5. The SMILES string of the molecule is CC(C)[C@@H]1CC[C@@H](C)C[C@H]1O[P@](=O)(c1ccccc1)c1c(O)ccc2ccccc12. The Kier molecular flexibility index (Phi) is 6.04. The van der Waals surface area contributed by atoms with Crippen LogP contribution in [0.1, 0.15) is 40.0 Å². The van der Waals surface area contributed by atoms with Gasteiger partial charge in [0.05, 0.1) is 11.4 Å². The molecule has 0 amide bonds. The van der Waals surface area contributed by atoms with E-state index in [1.54, 1.807) is 6.07 Å². The number of fused-ring (bicyclic) bond motifs is 1. The largest absolute Gasteiger partial charge is 0.507 e. The molecule has 1 aliphatic carbocycles. The van der Waals surface area contributed by atoms with Gasteiger partial charge in [-0.1, -0.05) is 75.7 Å². The zero-order valence-corrected chi connectivity index (χ0v) is 18.9. The van der Waals surface area contributed by atoms with E-state index in [0.29, 0.717) is 28.4 Å². The summed E-state index contributed by atoms with van der Waals surface area (Å²) in [5, 5.41) is 13.7. The molecule has 1 saturated carbocycles. The summed E-state index contributed by atoms with van der Waals surface area (Å²) >= 11 is 0. The summed E-state index contributed by atoms with van der Waals surface area (Å²) in [7, 11) is -3.53. The molecule has 3 nitrogen and oxygen atoms in total. The normalized spacial score (nSPS) is 24.1. The van der Waals surface area contributed by atoms with Crippen molar-refractivity contribution in [3.8, 4) is 5.75 Å². The first-order valence-electron chi connectivity index (χ1n) is 11.0. The molecular weight excluding hydrogens is 391 g/mol. The molecule has 0 spiro atoms. The van der Waals surface area contributed by atoms with Crippen molar-refractivity contribution in [2.75, 3.05) is 0 Å². The lowest BCUT2D eigenvalue weighted by Gasteiger charge is -2.39. The Bertz CT molecular complexity index is 1060. The van der Waals surface area contributed by atoms with Gasteiger partial charge in [0.25, 0.3) is 7.37 Å². The van der Waals surface area contributed by atoms with E-state index in [0.717, 1.165) is 23.6 Å². The van der Waals surface area contributed by atoms with Gasteiger partial charge in [-0.3, -0.25) is 4.57 Å². The molecule has 0 unspecified atom stereocenters. The molecule has 0 saturated heterocycles. The summed E-state index contributed by atoms with van der Waals surface area (Å²) in [6.45, 7) is 6.69. The van der Waals surface area contributed by atoms with Crippen molar-refractivity contribution in [3.63, 3.8) is 0 Å². The van der Waals surface area contributed by atoms with Crippen LogP contribution in [0.25, 0.3) is 10.8 Å². The highest BCUT2D eigenvalue weighted by atomic mass is 31.2. The van der Waals surface area contributed by atoms with Gasteiger partial charge in [-0.2, -0.15) is 0 Å². The van der Waals surface area contributed by atoms with E-state index < -0.39 is 7.37 Å². The van der Waals surface area contributed by atoms with Gasteiger partial charge in [0.15, 0.2) is 0 Å². The van der Waals surface area contributed by atoms with Crippen molar-refractivity contribution >= 4 is 28.8 Å². The summed E-state index contributed by atoms with van der Waals surface area (Å²) in [5.74, 6) is 1.38. The van der Waals surface area contributed by atoms with Crippen LogP contribution in [-0.4, -0.2) is 11.2 Å². The van der Waals surface area contributed by atoms with Crippen molar-refractivity contribution in [3.05, 3.63) is 66.7 Å².